The molecule has 0 unspecified atom stereocenters. The minimum absolute atomic E-state index is 0.289. The maximum atomic E-state index is 5.35. The molecule has 2 N–H and O–H groups in total. The molecule has 5 aliphatic rings. The summed E-state index contributed by atoms with van der Waals surface area (Å²) in [6.07, 6.45) is 18.2. The second kappa shape index (κ2) is 11.5. The highest BCUT2D eigenvalue weighted by molar-refractivity contribution is 5.95. The minimum Gasteiger partial charge on any atom is -0.355 e. The number of hydrogen-bond acceptors (Lipinski definition) is 2. The van der Waals surface area contributed by atoms with Crippen LogP contribution in [0.3, 0.4) is 0 Å². The highest BCUT2D eigenvalue weighted by Gasteiger charge is 2.30. The summed E-state index contributed by atoms with van der Waals surface area (Å²) in [5, 5.41) is 0. The van der Waals surface area contributed by atoms with Crippen molar-refractivity contribution in [2.24, 2.45) is 0 Å². The molecule has 4 heteroatoms. The Balaban J connectivity index is 1.61. The van der Waals surface area contributed by atoms with Crippen molar-refractivity contribution >= 4 is 44.4 Å². The molecular weight excluding hydrogens is 536 g/mol. The predicted octanol–water partition coefficient (Wildman–Crippen LogP) is 11.0. The normalized spacial score (nSPS) is 18.6. The molecule has 44 heavy (non-hydrogen) atoms. The van der Waals surface area contributed by atoms with E-state index in [9.17, 15) is 0 Å². The zero-order valence-electron chi connectivity index (χ0n) is 27.3. The lowest BCUT2D eigenvalue weighted by atomic mass is 9.77. The van der Waals surface area contributed by atoms with Crippen molar-refractivity contribution in [2.75, 3.05) is 0 Å². The van der Waals surface area contributed by atoms with E-state index in [0.717, 1.165) is 48.5 Å². The van der Waals surface area contributed by atoms with Gasteiger partial charge in [0.25, 0.3) is 0 Å². The van der Waals surface area contributed by atoms with Gasteiger partial charge < -0.3 is 9.97 Å². The third kappa shape index (κ3) is 4.65. The molecule has 3 aromatic rings. The van der Waals surface area contributed by atoms with Gasteiger partial charge in [-0.05, 0) is 121 Å². The Morgan fingerprint density at radius 2 is 0.932 bits per heavy atom. The summed E-state index contributed by atoms with van der Waals surface area (Å²) >= 11 is 0. The first-order valence-corrected chi connectivity index (χ1v) is 17.0. The van der Waals surface area contributed by atoms with Gasteiger partial charge in [0.15, 0.2) is 0 Å². The van der Waals surface area contributed by atoms with Crippen LogP contribution in [0.15, 0.2) is 48.6 Å². The summed E-state index contributed by atoms with van der Waals surface area (Å²) in [5.41, 5.74) is 20.1. The quantitative estimate of drug-likeness (QED) is 0.260. The van der Waals surface area contributed by atoms with Crippen molar-refractivity contribution in [1.82, 2.24) is 19.9 Å². The number of nitrogens with zero attached hydrogens (tertiary/aromatic N) is 2. The fraction of sp³-hybridized carbons (Fsp3) is 0.400. The highest BCUT2D eigenvalue weighted by atomic mass is 14.8. The largest absolute Gasteiger partial charge is 0.355 e. The molecule has 0 radical (unpaired) electrons. The smallest absolute Gasteiger partial charge is 0.0693 e. The Morgan fingerprint density at radius 1 is 0.545 bits per heavy atom. The van der Waals surface area contributed by atoms with E-state index in [4.69, 9.17) is 9.97 Å². The van der Waals surface area contributed by atoms with Gasteiger partial charge in [-0.15, -0.1) is 0 Å². The van der Waals surface area contributed by atoms with Crippen LogP contribution in [0, 0.1) is 0 Å². The van der Waals surface area contributed by atoms with Crippen molar-refractivity contribution in [2.45, 2.75) is 105 Å². The molecule has 3 aliphatic carbocycles. The molecule has 4 nitrogen and oxygen atoms in total. The average Bonchev–Trinajstić information content (AvgIpc) is 3.74. The van der Waals surface area contributed by atoms with Crippen LogP contribution < -0.4 is 0 Å². The summed E-state index contributed by atoms with van der Waals surface area (Å²) < 4.78 is 0. The average molecular weight is 583 g/mol. The lowest BCUT2D eigenvalue weighted by Gasteiger charge is -2.26. The van der Waals surface area contributed by atoms with Gasteiger partial charge >= 0.3 is 0 Å². The number of hydrogen-bond donors (Lipinski definition) is 2. The van der Waals surface area contributed by atoms with E-state index < -0.39 is 0 Å². The fourth-order valence-electron chi connectivity index (χ4n) is 7.84. The van der Waals surface area contributed by atoms with Crippen LogP contribution in [0.1, 0.15) is 137 Å². The van der Waals surface area contributed by atoms with E-state index >= 15 is 0 Å². The third-order valence-corrected chi connectivity index (χ3v) is 10.3. The van der Waals surface area contributed by atoms with Crippen LogP contribution in [0.5, 0.6) is 0 Å². The Morgan fingerprint density at radius 3 is 1.32 bits per heavy atom. The summed E-state index contributed by atoms with van der Waals surface area (Å²) in [6.45, 7) is 13.6. The number of fused-ring (bicyclic) bond motifs is 8. The molecule has 0 saturated carbocycles. The molecule has 226 valence electrons. The summed E-state index contributed by atoms with van der Waals surface area (Å²) in [6, 6.07) is 9.31. The van der Waals surface area contributed by atoms with Gasteiger partial charge in [-0.1, -0.05) is 64.8 Å². The number of rotatable bonds is 8. The van der Waals surface area contributed by atoms with Gasteiger partial charge in [0, 0.05) is 33.9 Å². The second-order valence-electron chi connectivity index (χ2n) is 13.0. The van der Waals surface area contributed by atoms with E-state index in [1.807, 2.05) is 0 Å². The lowest BCUT2D eigenvalue weighted by Crippen LogP contribution is -2.10. The molecular formula is C40H46N4. The van der Waals surface area contributed by atoms with E-state index in [1.165, 1.54) is 92.3 Å². The first kappa shape index (κ1) is 28.8. The number of nitrogens with one attached hydrogen (secondary N) is 2. The Hall–Kier alpha value is -3.92. The van der Waals surface area contributed by atoms with Crippen molar-refractivity contribution in [1.29, 1.82) is 0 Å². The number of allylic oxidation sites excluding steroid dienone is 8. The molecule has 5 heterocycles. The van der Waals surface area contributed by atoms with Crippen LogP contribution >= 0.6 is 0 Å². The Bertz CT molecular complexity index is 1790. The first-order chi connectivity index (χ1) is 21.4. The number of aryl methyl sites for hydroxylation is 2. The molecule has 3 aromatic heterocycles. The molecule has 0 aromatic carbocycles. The van der Waals surface area contributed by atoms with Crippen LogP contribution in [-0.4, -0.2) is 19.9 Å². The summed E-state index contributed by atoms with van der Waals surface area (Å²) in [4.78, 5) is 18.5. The van der Waals surface area contributed by atoms with Gasteiger partial charge in [0.1, 0.15) is 0 Å². The number of unbranched alkanes of at least 4 members (excludes halogenated alkanes) is 2. The van der Waals surface area contributed by atoms with Crippen LogP contribution in [0.2, 0.25) is 0 Å². The van der Waals surface area contributed by atoms with Crippen LogP contribution in [-0.2, 0) is 12.8 Å². The Labute approximate surface area is 262 Å². The van der Waals surface area contributed by atoms with Crippen molar-refractivity contribution in [3.05, 3.63) is 93.6 Å². The second-order valence-corrected chi connectivity index (χ2v) is 13.0. The van der Waals surface area contributed by atoms with Gasteiger partial charge in [-0.3, -0.25) is 0 Å². The zero-order chi connectivity index (χ0) is 30.5. The number of aromatic amines is 2. The monoisotopic (exact) mass is 582 g/mol. The molecule has 0 spiro atoms. The number of H-pyrrole nitrogens is 2. The first-order valence-electron chi connectivity index (χ1n) is 17.0. The predicted molar refractivity (Wildman–Crippen MR) is 188 cm³/mol. The SMILES string of the molecule is CCCCC1=C(C)c2cc3[nH]c(cc4nc(cc5[nH]c(cc1n2)c(CC)c5CC)C(CCCC)=C4C)c1c3C2C=CC1C=C2. The highest BCUT2D eigenvalue weighted by Crippen LogP contribution is 2.46. The maximum Gasteiger partial charge on any atom is 0.0693 e. The van der Waals surface area contributed by atoms with E-state index in [-0.39, 0.29) is 11.8 Å². The molecule has 2 aliphatic heterocycles. The van der Waals surface area contributed by atoms with Gasteiger partial charge in [-0.25, -0.2) is 9.97 Å². The molecule has 0 amide bonds. The topological polar surface area (TPSA) is 57.4 Å². The van der Waals surface area contributed by atoms with Crippen molar-refractivity contribution in [3.8, 4) is 0 Å². The molecule has 0 saturated heterocycles. The molecule has 10 bridgehead atoms. The zero-order valence-corrected chi connectivity index (χ0v) is 27.3. The molecule has 0 atom stereocenters. The summed E-state index contributed by atoms with van der Waals surface area (Å²) in [7, 11) is 0. The standard InChI is InChI=1S/C40H46N4/c1-7-11-13-29-23(5)31-19-37-39-25-15-17-26(18-16-25)40(39)38(44-37)20-32-24(6)30(14-12-8-2)36(42-32)22-34-28(10-4)27(9-3)33(43-34)21-35(29)41-31/h15-22,25-26,43-44H,7-14H2,1-6H3. The van der Waals surface area contributed by atoms with E-state index in [1.54, 1.807) is 0 Å². The van der Waals surface area contributed by atoms with Gasteiger partial charge in [-0.2, -0.15) is 0 Å². The van der Waals surface area contributed by atoms with Gasteiger partial charge in [0.05, 0.1) is 22.8 Å². The van der Waals surface area contributed by atoms with E-state index in [0.29, 0.717) is 0 Å². The summed E-state index contributed by atoms with van der Waals surface area (Å²) in [5.74, 6) is 0.578. The van der Waals surface area contributed by atoms with Crippen molar-refractivity contribution in [3.63, 3.8) is 0 Å². The van der Waals surface area contributed by atoms with Crippen LogP contribution in [0.4, 0.5) is 0 Å². The Kier molecular flexibility index (Phi) is 7.56. The fourth-order valence-corrected chi connectivity index (χ4v) is 7.84. The minimum atomic E-state index is 0.289. The van der Waals surface area contributed by atoms with Crippen LogP contribution in [0.25, 0.3) is 44.4 Å². The maximum absolute atomic E-state index is 5.35. The van der Waals surface area contributed by atoms with Crippen molar-refractivity contribution < 1.29 is 0 Å². The molecule has 8 rings (SSSR count). The lowest BCUT2D eigenvalue weighted by molar-refractivity contribution is 0.824. The molecule has 0 fully saturated rings. The van der Waals surface area contributed by atoms with E-state index in [2.05, 4.69) is 100 Å². The van der Waals surface area contributed by atoms with Gasteiger partial charge in [0.2, 0.25) is 0 Å². The number of aromatic nitrogens is 4. The third-order valence-electron chi connectivity index (χ3n) is 10.3.